The van der Waals surface area contributed by atoms with Crippen molar-refractivity contribution < 1.29 is 13.6 Å². The van der Waals surface area contributed by atoms with Crippen molar-refractivity contribution in [3.63, 3.8) is 0 Å². The van der Waals surface area contributed by atoms with Crippen LogP contribution in [0.5, 0.6) is 0 Å². The summed E-state index contributed by atoms with van der Waals surface area (Å²) in [6.07, 6.45) is 3.01. The Morgan fingerprint density at radius 1 is 1.24 bits per heavy atom. The molecule has 1 aromatic carbocycles. The van der Waals surface area contributed by atoms with Crippen molar-refractivity contribution in [1.82, 2.24) is 9.38 Å². The lowest BCUT2D eigenvalue weighted by molar-refractivity contribution is -0.117. The van der Waals surface area contributed by atoms with E-state index < -0.39 is 11.6 Å². The van der Waals surface area contributed by atoms with Crippen LogP contribution in [0.3, 0.4) is 0 Å². The molecule has 0 aliphatic heterocycles. The van der Waals surface area contributed by atoms with Crippen molar-refractivity contribution in [2.24, 2.45) is 11.3 Å². The average Bonchev–Trinajstić information content (AvgIpc) is 2.92. The fourth-order valence-electron chi connectivity index (χ4n) is 3.76. The Morgan fingerprint density at radius 3 is 2.66 bits per heavy atom. The molecule has 2 aromatic heterocycles. The van der Waals surface area contributed by atoms with Crippen molar-refractivity contribution in [2.75, 3.05) is 5.32 Å². The molecule has 6 heteroatoms. The molecule has 1 N–H and O–H groups in total. The van der Waals surface area contributed by atoms with Gasteiger partial charge in [0.2, 0.25) is 5.91 Å². The first-order valence-electron chi connectivity index (χ1n) is 9.78. The van der Waals surface area contributed by atoms with Crippen LogP contribution in [0.15, 0.2) is 36.5 Å². The van der Waals surface area contributed by atoms with E-state index in [0.717, 1.165) is 18.1 Å². The number of nitrogens with one attached hydrogen (secondary N) is 1. The molecule has 0 unspecified atom stereocenters. The molecule has 0 aliphatic carbocycles. The maximum Gasteiger partial charge on any atom is 0.225 e. The standard InChI is InChI=1S/C23H27F2N3O/c1-14-9-10-28-18(11-14)26-21(16-7-6-8-17(24)20(16)25)22(28)27-19(29)12-15(2)13-23(3,4)5/h6-11,15H,12-13H2,1-5H3,(H,27,29)/t15-/m0/s1. The number of halogens is 2. The summed E-state index contributed by atoms with van der Waals surface area (Å²) < 4.78 is 30.0. The van der Waals surface area contributed by atoms with Crippen LogP contribution in [0.25, 0.3) is 16.9 Å². The van der Waals surface area contributed by atoms with Gasteiger partial charge in [-0.1, -0.05) is 33.8 Å². The van der Waals surface area contributed by atoms with Crippen LogP contribution in [0, 0.1) is 29.9 Å². The third-order valence-electron chi connectivity index (χ3n) is 4.74. The van der Waals surface area contributed by atoms with Gasteiger partial charge in [-0.25, -0.2) is 13.8 Å². The number of aromatic nitrogens is 2. The molecule has 0 spiro atoms. The average molecular weight is 399 g/mol. The molecule has 0 fully saturated rings. The Kier molecular flexibility index (Phi) is 5.73. The molecule has 0 aliphatic rings. The highest BCUT2D eigenvalue weighted by atomic mass is 19.2. The van der Waals surface area contributed by atoms with E-state index in [0.29, 0.717) is 17.9 Å². The first kappa shape index (κ1) is 21.0. The molecule has 0 bridgehead atoms. The number of carbonyl (C=O) groups excluding carboxylic acids is 1. The van der Waals surface area contributed by atoms with Gasteiger partial charge in [-0.3, -0.25) is 9.20 Å². The molecule has 3 rings (SSSR count). The van der Waals surface area contributed by atoms with Crippen LogP contribution < -0.4 is 5.32 Å². The number of benzene rings is 1. The second-order valence-corrected chi connectivity index (χ2v) is 8.96. The third-order valence-corrected chi connectivity index (χ3v) is 4.74. The fraction of sp³-hybridized carbons (Fsp3) is 0.391. The van der Waals surface area contributed by atoms with Crippen molar-refractivity contribution in [3.8, 4) is 11.3 Å². The lowest BCUT2D eigenvalue weighted by Gasteiger charge is -2.22. The number of fused-ring (bicyclic) bond motifs is 1. The minimum absolute atomic E-state index is 0.0180. The Hall–Kier alpha value is -2.76. The molecular weight excluding hydrogens is 372 g/mol. The van der Waals surface area contributed by atoms with Gasteiger partial charge >= 0.3 is 0 Å². The van der Waals surface area contributed by atoms with E-state index in [4.69, 9.17) is 0 Å². The predicted octanol–water partition coefficient (Wildman–Crippen LogP) is 5.99. The maximum absolute atomic E-state index is 14.5. The van der Waals surface area contributed by atoms with Crippen LogP contribution in [0.2, 0.25) is 0 Å². The molecule has 0 saturated heterocycles. The molecule has 2 heterocycles. The van der Waals surface area contributed by atoms with E-state index in [1.165, 1.54) is 12.1 Å². The molecular formula is C23H27F2N3O. The van der Waals surface area contributed by atoms with Gasteiger partial charge in [0.05, 0.1) is 0 Å². The number of hydrogen-bond donors (Lipinski definition) is 1. The number of aryl methyl sites for hydroxylation is 1. The predicted molar refractivity (Wildman–Crippen MR) is 112 cm³/mol. The molecule has 1 atom stereocenters. The summed E-state index contributed by atoms with van der Waals surface area (Å²) >= 11 is 0. The molecule has 4 nitrogen and oxygen atoms in total. The molecule has 154 valence electrons. The highest BCUT2D eigenvalue weighted by Gasteiger charge is 2.22. The number of hydrogen-bond acceptors (Lipinski definition) is 2. The number of amides is 1. The molecule has 3 aromatic rings. The molecule has 0 radical (unpaired) electrons. The van der Waals surface area contributed by atoms with Crippen LogP contribution in [0.1, 0.15) is 46.1 Å². The number of carbonyl (C=O) groups is 1. The van der Waals surface area contributed by atoms with Gasteiger partial charge in [0.1, 0.15) is 17.2 Å². The fourth-order valence-corrected chi connectivity index (χ4v) is 3.76. The zero-order chi connectivity index (χ0) is 21.3. The van der Waals surface area contributed by atoms with E-state index >= 15 is 0 Å². The first-order chi connectivity index (χ1) is 13.5. The van der Waals surface area contributed by atoms with Crippen LogP contribution in [-0.4, -0.2) is 15.3 Å². The third kappa shape index (κ3) is 4.81. The normalized spacial score (nSPS) is 12.9. The van der Waals surface area contributed by atoms with Gasteiger partial charge in [-0.2, -0.15) is 0 Å². The van der Waals surface area contributed by atoms with Gasteiger partial charge < -0.3 is 5.32 Å². The second kappa shape index (κ2) is 7.93. The van der Waals surface area contributed by atoms with Crippen LogP contribution in [-0.2, 0) is 4.79 Å². The number of rotatable bonds is 5. The summed E-state index contributed by atoms with van der Waals surface area (Å²) in [7, 11) is 0. The Labute approximate surface area is 170 Å². The number of nitrogens with zero attached hydrogens (tertiary/aromatic N) is 2. The second-order valence-electron chi connectivity index (χ2n) is 8.96. The highest BCUT2D eigenvalue weighted by Crippen LogP contribution is 2.32. The molecule has 1 amide bonds. The van der Waals surface area contributed by atoms with Gasteiger partial charge in [0.25, 0.3) is 0 Å². The summed E-state index contributed by atoms with van der Waals surface area (Å²) in [5, 5.41) is 2.89. The van der Waals surface area contributed by atoms with E-state index in [1.807, 2.05) is 26.0 Å². The Balaban J connectivity index is 2.00. The van der Waals surface area contributed by atoms with E-state index in [-0.39, 0.29) is 28.5 Å². The van der Waals surface area contributed by atoms with Gasteiger partial charge in [0.15, 0.2) is 11.6 Å². The number of anilines is 1. The lowest BCUT2D eigenvalue weighted by atomic mass is 9.84. The SMILES string of the molecule is Cc1ccn2c(NC(=O)C[C@H](C)CC(C)(C)C)c(-c3cccc(F)c3F)nc2c1. The Morgan fingerprint density at radius 2 is 1.97 bits per heavy atom. The minimum atomic E-state index is -0.982. The van der Waals surface area contributed by atoms with Crippen molar-refractivity contribution in [2.45, 2.75) is 47.5 Å². The van der Waals surface area contributed by atoms with Crippen LogP contribution in [0.4, 0.5) is 14.6 Å². The first-order valence-corrected chi connectivity index (χ1v) is 9.78. The zero-order valence-electron chi connectivity index (χ0n) is 17.5. The van der Waals surface area contributed by atoms with Crippen molar-refractivity contribution >= 4 is 17.4 Å². The molecule has 29 heavy (non-hydrogen) atoms. The smallest absolute Gasteiger partial charge is 0.225 e. The van der Waals surface area contributed by atoms with Gasteiger partial charge in [0, 0.05) is 18.2 Å². The maximum atomic E-state index is 14.5. The minimum Gasteiger partial charge on any atom is -0.310 e. The number of imidazole rings is 1. The zero-order valence-corrected chi connectivity index (χ0v) is 17.5. The van der Waals surface area contributed by atoms with Gasteiger partial charge in [-0.15, -0.1) is 0 Å². The van der Waals surface area contributed by atoms with Gasteiger partial charge in [-0.05, 0) is 54.5 Å². The Bertz CT molecular complexity index is 1050. The van der Waals surface area contributed by atoms with Crippen molar-refractivity contribution in [1.29, 1.82) is 0 Å². The lowest BCUT2D eigenvalue weighted by Crippen LogP contribution is -2.20. The summed E-state index contributed by atoms with van der Waals surface area (Å²) in [5.74, 6) is -1.58. The summed E-state index contributed by atoms with van der Waals surface area (Å²) in [6, 6.07) is 7.66. The monoisotopic (exact) mass is 399 g/mol. The summed E-state index contributed by atoms with van der Waals surface area (Å²) in [6.45, 7) is 10.4. The van der Waals surface area contributed by atoms with Crippen LogP contribution >= 0.6 is 0 Å². The largest absolute Gasteiger partial charge is 0.310 e. The highest BCUT2D eigenvalue weighted by molar-refractivity contribution is 5.94. The van der Waals surface area contributed by atoms with Crippen molar-refractivity contribution in [3.05, 3.63) is 53.7 Å². The van der Waals surface area contributed by atoms with E-state index in [9.17, 15) is 13.6 Å². The van der Waals surface area contributed by atoms with E-state index in [2.05, 4.69) is 31.1 Å². The summed E-state index contributed by atoms with van der Waals surface area (Å²) in [5.41, 5.74) is 1.89. The van der Waals surface area contributed by atoms with E-state index in [1.54, 1.807) is 10.6 Å². The quantitative estimate of drug-likeness (QED) is 0.573. The topological polar surface area (TPSA) is 46.4 Å². The molecule has 0 saturated carbocycles. The number of pyridine rings is 1. The summed E-state index contributed by atoms with van der Waals surface area (Å²) in [4.78, 5) is 17.2.